The van der Waals surface area contributed by atoms with E-state index in [-0.39, 0.29) is 5.91 Å². The molecule has 33 heavy (non-hydrogen) atoms. The summed E-state index contributed by atoms with van der Waals surface area (Å²) in [7, 11) is 1.70. The number of likely N-dealkylation sites (tertiary alicyclic amines) is 1. The third kappa shape index (κ3) is 4.52. The third-order valence-corrected chi connectivity index (χ3v) is 7.07. The van der Waals surface area contributed by atoms with E-state index in [9.17, 15) is 4.79 Å². The van der Waals surface area contributed by atoms with Crippen LogP contribution in [0.25, 0.3) is 0 Å². The molecule has 3 aromatic rings. The number of carbonyl (C=O) groups is 1. The molecule has 2 heterocycles. The van der Waals surface area contributed by atoms with Gasteiger partial charge < -0.3 is 10.1 Å². The number of ether oxygens (including phenoxy) is 1. The summed E-state index contributed by atoms with van der Waals surface area (Å²) in [4.78, 5) is 18.0. The van der Waals surface area contributed by atoms with Crippen LogP contribution < -0.4 is 15.0 Å². The lowest BCUT2D eigenvalue weighted by atomic mass is 9.82. The molecule has 3 atom stereocenters. The van der Waals surface area contributed by atoms with Crippen molar-refractivity contribution in [2.45, 2.75) is 18.4 Å². The Morgan fingerprint density at radius 2 is 1.61 bits per heavy atom. The molecule has 0 aliphatic carbocycles. The maximum Gasteiger partial charge on any atom is 0.245 e. The highest BCUT2D eigenvalue weighted by Crippen LogP contribution is 2.40. The molecule has 2 aliphatic heterocycles. The highest BCUT2D eigenvalue weighted by Gasteiger charge is 2.44. The fourth-order valence-electron chi connectivity index (χ4n) is 5.48. The van der Waals surface area contributed by atoms with Crippen molar-refractivity contribution in [3.63, 3.8) is 0 Å². The van der Waals surface area contributed by atoms with Gasteiger partial charge in [-0.25, -0.2) is 0 Å². The molecule has 0 spiro atoms. The average molecular weight is 442 g/mol. The van der Waals surface area contributed by atoms with Gasteiger partial charge in [-0.2, -0.15) is 0 Å². The van der Waals surface area contributed by atoms with Gasteiger partial charge in [0, 0.05) is 36.4 Å². The molecule has 0 aromatic heterocycles. The number of hydrogen-bond donors (Lipinski definition) is 1. The van der Waals surface area contributed by atoms with E-state index in [2.05, 4.69) is 22.3 Å². The zero-order valence-electron chi connectivity index (χ0n) is 19.1. The number of fused-ring (bicyclic) bond motifs is 1. The minimum Gasteiger partial charge on any atom is -0.497 e. The Hall–Kier alpha value is -3.15. The number of nitrogens with zero attached hydrogens (tertiary/aromatic N) is 2. The summed E-state index contributed by atoms with van der Waals surface area (Å²) in [5.74, 6) is 1.90. The molecule has 0 unspecified atom stereocenters. The minimum absolute atomic E-state index is 0.111. The van der Waals surface area contributed by atoms with Crippen molar-refractivity contribution in [2.75, 3.05) is 38.2 Å². The van der Waals surface area contributed by atoms with Crippen LogP contribution in [0.2, 0.25) is 0 Å². The first kappa shape index (κ1) is 21.7. The van der Waals surface area contributed by atoms with Crippen LogP contribution in [-0.2, 0) is 4.79 Å². The van der Waals surface area contributed by atoms with Crippen molar-refractivity contribution >= 4 is 17.3 Å². The molecule has 5 heteroatoms. The van der Waals surface area contributed by atoms with Crippen molar-refractivity contribution in [1.29, 1.82) is 0 Å². The largest absolute Gasteiger partial charge is 0.497 e. The second kappa shape index (κ2) is 9.77. The maximum atomic E-state index is 13.8. The summed E-state index contributed by atoms with van der Waals surface area (Å²) in [6, 6.07) is 28.8. The minimum atomic E-state index is 0.111. The number of hydrogen-bond acceptors (Lipinski definition) is 4. The summed E-state index contributed by atoms with van der Waals surface area (Å²) < 4.78 is 5.35. The number of para-hydroxylation sites is 2. The van der Waals surface area contributed by atoms with Crippen molar-refractivity contribution in [3.05, 3.63) is 90.5 Å². The van der Waals surface area contributed by atoms with Crippen molar-refractivity contribution in [3.8, 4) is 5.75 Å². The Kier molecular flexibility index (Phi) is 6.42. The summed E-state index contributed by atoms with van der Waals surface area (Å²) in [6.45, 7) is 3.31. The third-order valence-electron chi connectivity index (χ3n) is 7.07. The molecule has 0 radical (unpaired) electrons. The summed E-state index contributed by atoms with van der Waals surface area (Å²) in [6.07, 6.45) is 1.07. The molecule has 1 amide bonds. The maximum absolute atomic E-state index is 13.8. The molecule has 170 valence electrons. The van der Waals surface area contributed by atoms with E-state index in [0.717, 1.165) is 43.2 Å². The highest BCUT2D eigenvalue weighted by molar-refractivity contribution is 6.01. The Balaban J connectivity index is 1.40. The standard InChI is InChI=1S/C28H31N3O2/c1-33-24-14-12-21(13-15-24)26-19-30(27-16-17-29-18-25(26)27)20-28(32)31(22-8-4-2-5-9-22)23-10-6-3-7-11-23/h2-15,25-27,29H,16-20H2,1H3/t25-,26-,27-/m1/s1. The molecule has 2 fully saturated rings. The van der Waals surface area contributed by atoms with E-state index in [1.165, 1.54) is 5.56 Å². The second-order valence-electron chi connectivity index (χ2n) is 8.93. The molecule has 0 bridgehead atoms. The molecule has 5 rings (SSSR count). The summed E-state index contributed by atoms with van der Waals surface area (Å²) >= 11 is 0. The van der Waals surface area contributed by atoms with Gasteiger partial charge in [-0.05, 0) is 60.8 Å². The van der Waals surface area contributed by atoms with Gasteiger partial charge >= 0.3 is 0 Å². The van der Waals surface area contributed by atoms with Crippen LogP contribution >= 0.6 is 0 Å². The number of anilines is 2. The predicted molar refractivity (Wildman–Crippen MR) is 132 cm³/mol. The van der Waals surface area contributed by atoms with Crippen LogP contribution in [0, 0.1) is 5.92 Å². The number of carbonyl (C=O) groups excluding carboxylic acids is 1. The van der Waals surface area contributed by atoms with E-state index in [1.807, 2.05) is 77.7 Å². The Bertz CT molecular complexity index is 1020. The van der Waals surface area contributed by atoms with Crippen LogP contribution in [0.4, 0.5) is 11.4 Å². The second-order valence-corrected chi connectivity index (χ2v) is 8.93. The van der Waals surface area contributed by atoms with Crippen LogP contribution in [0.15, 0.2) is 84.9 Å². The highest BCUT2D eigenvalue weighted by atomic mass is 16.5. The normalized spacial score (nSPS) is 22.5. The van der Waals surface area contributed by atoms with Gasteiger partial charge in [-0.15, -0.1) is 0 Å². The van der Waals surface area contributed by atoms with E-state index in [1.54, 1.807) is 7.11 Å². The van der Waals surface area contributed by atoms with Crippen molar-refractivity contribution < 1.29 is 9.53 Å². The fourth-order valence-corrected chi connectivity index (χ4v) is 5.48. The Morgan fingerprint density at radius 3 is 2.21 bits per heavy atom. The molecule has 2 aliphatic rings. The quantitative estimate of drug-likeness (QED) is 0.614. The summed E-state index contributed by atoms with van der Waals surface area (Å²) in [5.41, 5.74) is 3.13. The topological polar surface area (TPSA) is 44.8 Å². The van der Waals surface area contributed by atoms with Gasteiger partial charge in [0.15, 0.2) is 0 Å². The monoisotopic (exact) mass is 441 g/mol. The number of rotatable bonds is 6. The number of amides is 1. The van der Waals surface area contributed by atoms with Crippen LogP contribution in [0.1, 0.15) is 17.9 Å². The Morgan fingerprint density at radius 1 is 0.970 bits per heavy atom. The molecule has 2 saturated heterocycles. The first-order valence-electron chi connectivity index (χ1n) is 11.8. The lowest BCUT2D eigenvalue weighted by Gasteiger charge is -2.34. The first-order valence-corrected chi connectivity index (χ1v) is 11.8. The van der Waals surface area contributed by atoms with Crippen LogP contribution in [0.5, 0.6) is 5.75 Å². The zero-order chi connectivity index (χ0) is 22.6. The number of benzene rings is 3. The summed E-state index contributed by atoms with van der Waals surface area (Å²) in [5, 5.41) is 3.58. The smallest absolute Gasteiger partial charge is 0.245 e. The van der Waals surface area contributed by atoms with Crippen LogP contribution in [0.3, 0.4) is 0 Å². The van der Waals surface area contributed by atoms with Gasteiger partial charge in [0.25, 0.3) is 0 Å². The van der Waals surface area contributed by atoms with Crippen molar-refractivity contribution in [1.82, 2.24) is 10.2 Å². The number of piperidine rings is 1. The average Bonchev–Trinajstić information content (AvgIpc) is 3.24. The van der Waals surface area contributed by atoms with Gasteiger partial charge in [-0.3, -0.25) is 14.6 Å². The van der Waals surface area contributed by atoms with E-state index in [0.29, 0.717) is 24.4 Å². The van der Waals surface area contributed by atoms with Crippen LogP contribution in [-0.4, -0.2) is 50.1 Å². The predicted octanol–water partition coefficient (Wildman–Crippen LogP) is 4.44. The molecule has 1 N–H and O–H groups in total. The van der Waals surface area contributed by atoms with E-state index < -0.39 is 0 Å². The lowest BCUT2D eigenvalue weighted by molar-refractivity contribution is -0.119. The van der Waals surface area contributed by atoms with E-state index in [4.69, 9.17) is 4.74 Å². The number of methoxy groups -OCH3 is 1. The SMILES string of the molecule is COc1ccc([C@H]2CN(CC(=O)N(c3ccccc3)c3ccccc3)[C@@H]3CCNC[C@H]23)cc1. The van der Waals surface area contributed by atoms with E-state index >= 15 is 0 Å². The fraction of sp³-hybridized carbons (Fsp3) is 0.321. The van der Waals surface area contributed by atoms with Gasteiger partial charge in [0.05, 0.1) is 13.7 Å². The lowest BCUT2D eigenvalue weighted by Crippen LogP contribution is -2.47. The molecule has 3 aromatic carbocycles. The molecular weight excluding hydrogens is 410 g/mol. The molecule has 5 nitrogen and oxygen atoms in total. The van der Waals surface area contributed by atoms with Crippen molar-refractivity contribution in [2.24, 2.45) is 5.92 Å². The Labute approximate surface area is 196 Å². The molecule has 0 saturated carbocycles. The van der Waals surface area contributed by atoms with Gasteiger partial charge in [-0.1, -0.05) is 48.5 Å². The molecular formula is C28H31N3O2. The zero-order valence-corrected chi connectivity index (χ0v) is 19.1. The number of nitrogens with one attached hydrogen (secondary N) is 1. The van der Waals surface area contributed by atoms with Gasteiger partial charge in [0.1, 0.15) is 5.75 Å². The first-order chi connectivity index (χ1) is 16.2. The van der Waals surface area contributed by atoms with Gasteiger partial charge in [0.2, 0.25) is 5.91 Å².